The highest BCUT2D eigenvalue weighted by atomic mass is 35.5. The molecule has 5 nitrogen and oxygen atoms in total. The van der Waals surface area contributed by atoms with Gasteiger partial charge in [0.15, 0.2) is 0 Å². The summed E-state index contributed by atoms with van der Waals surface area (Å²) in [4.78, 5) is 15.0. The van der Waals surface area contributed by atoms with E-state index in [1.54, 1.807) is 7.11 Å². The summed E-state index contributed by atoms with van der Waals surface area (Å²) in [5, 5.41) is 9.80. The monoisotopic (exact) mass is 451 g/mol. The summed E-state index contributed by atoms with van der Waals surface area (Å²) in [7, 11) is 1.71. The Hall–Kier alpha value is -2.60. The fourth-order valence-electron chi connectivity index (χ4n) is 4.55. The van der Waals surface area contributed by atoms with Gasteiger partial charge >= 0.3 is 0 Å². The fourth-order valence-corrected chi connectivity index (χ4v) is 4.68. The molecule has 1 aliphatic heterocycles. The number of nitrogens with zero attached hydrogens (tertiary/aromatic N) is 1. The fraction of sp³-hybridized carbons (Fsp3) is 0.346. The third-order valence-corrected chi connectivity index (χ3v) is 6.39. The number of benzene rings is 3. The summed E-state index contributed by atoms with van der Waals surface area (Å²) in [6, 6.07) is 20.4. The van der Waals surface area contributed by atoms with Crippen LogP contribution in [-0.4, -0.2) is 43.1 Å². The number of halogens is 1. The minimum absolute atomic E-state index is 0.0912. The van der Waals surface area contributed by atoms with Crippen LogP contribution >= 0.6 is 11.6 Å². The molecule has 3 aromatic rings. The number of ether oxygens (including phenoxy) is 1. The molecule has 1 amide bonds. The number of hydrogen-bond donors (Lipinski definition) is 2. The molecule has 6 heteroatoms. The van der Waals surface area contributed by atoms with Gasteiger partial charge in [-0.3, -0.25) is 9.69 Å². The molecule has 0 radical (unpaired) electrons. The van der Waals surface area contributed by atoms with Gasteiger partial charge in [-0.05, 0) is 47.9 Å². The first-order valence-corrected chi connectivity index (χ1v) is 11.5. The molecule has 0 bridgehead atoms. The van der Waals surface area contributed by atoms with Crippen LogP contribution < -0.4 is 15.4 Å². The van der Waals surface area contributed by atoms with Gasteiger partial charge in [0.2, 0.25) is 5.91 Å². The summed E-state index contributed by atoms with van der Waals surface area (Å²) in [5.74, 6) is 0.973. The normalized spacial score (nSPS) is 18.7. The van der Waals surface area contributed by atoms with Gasteiger partial charge in [-0.1, -0.05) is 54.1 Å². The van der Waals surface area contributed by atoms with E-state index in [4.69, 9.17) is 16.3 Å². The SMILES string of the molecule is CCNC(=O)[C@@H]1C[C@H](NCc2c(OC)ccc3ccccc23)CN1Cc1ccc(Cl)cc1. The molecule has 2 atom stereocenters. The maximum atomic E-state index is 12.8. The van der Waals surface area contributed by atoms with E-state index < -0.39 is 0 Å². The van der Waals surface area contributed by atoms with Crippen LogP contribution in [0, 0.1) is 0 Å². The molecule has 0 aromatic heterocycles. The topological polar surface area (TPSA) is 53.6 Å². The van der Waals surface area contributed by atoms with Crippen LogP contribution in [0.5, 0.6) is 5.75 Å². The largest absolute Gasteiger partial charge is 0.496 e. The highest BCUT2D eigenvalue weighted by Crippen LogP contribution is 2.29. The Morgan fingerprint density at radius 2 is 1.91 bits per heavy atom. The zero-order valence-electron chi connectivity index (χ0n) is 18.6. The van der Waals surface area contributed by atoms with Crippen LogP contribution in [0.15, 0.2) is 60.7 Å². The number of nitrogens with one attached hydrogen (secondary N) is 2. The standard InChI is InChI=1S/C26H30ClN3O2/c1-3-28-26(31)24-14-21(17-30(24)16-18-8-11-20(27)12-9-18)29-15-23-22-7-5-4-6-19(22)10-13-25(23)32-2/h4-13,21,24,29H,3,14-17H2,1-2H3,(H,28,31)/t21-,24-/m0/s1. The number of fused-ring (bicyclic) bond motifs is 1. The van der Waals surface area contributed by atoms with Gasteiger partial charge < -0.3 is 15.4 Å². The number of rotatable bonds is 8. The average Bonchev–Trinajstić information content (AvgIpc) is 3.21. The smallest absolute Gasteiger partial charge is 0.237 e. The molecule has 0 unspecified atom stereocenters. The maximum Gasteiger partial charge on any atom is 0.237 e. The second kappa shape index (κ2) is 10.3. The molecule has 1 saturated heterocycles. The van der Waals surface area contributed by atoms with Crippen molar-refractivity contribution in [3.05, 3.63) is 76.8 Å². The average molecular weight is 452 g/mol. The Kier molecular flexibility index (Phi) is 7.30. The third kappa shape index (κ3) is 5.07. The minimum atomic E-state index is -0.155. The van der Waals surface area contributed by atoms with Crippen molar-refractivity contribution in [3.63, 3.8) is 0 Å². The predicted molar refractivity (Wildman–Crippen MR) is 130 cm³/mol. The molecular formula is C26H30ClN3O2. The number of carbonyl (C=O) groups excluding carboxylic acids is 1. The lowest BCUT2D eigenvalue weighted by Gasteiger charge is -2.23. The van der Waals surface area contributed by atoms with Crippen LogP contribution in [0.25, 0.3) is 10.8 Å². The number of likely N-dealkylation sites (tertiary alicyclic amines) is 1. The molecule has 0 spiro atoms. The van der Waals surface area contributed by atoms with Gasteiger partial charge in [-0.2, -0.15) is 0 Å². The first-order chi connectivity index (χ1) is 15.6. The molecule has 1 fully saturated rings. The van der Waals surface area contributed by atoms with Crippen molar-refractivity contribution in [2.75, 3.05) is 20.2 Å². The van der Waals surface area contributed by atoms with E-state index in [0.717, 1.165) is 41.4 Å². The first-order valence-electron chi connectivity index (χ1n) is 11.1. The molecule has 1 heterocycles. The van der Waals surface area contributed by atoms with E-state index in [9.17, 15) is 4.79 Å². The molecule has 4 rings (SSSR count). The van der Waals surface area contributed by atoms with Crippen molar-refractivity contribution in [2.24, 2.45) is 0 Å². The zero-order chi connectivity index (χ0) is 22.5. The Balaban J connectivity index is 1.50. The Morgan fingerprint density at radius 1 is 1.12 bits per heavy atom. The lowest BCUT2D eigenvalue weighted by atomic mass is 10.0. The van der Waals surface area contributed by atoms with Crippen LogP contribution in [0.1, 0.15) is 24.5 Å². The van der Waals surface area contributed by atoms with E-state index in [-0.39, 0.29) is 18.0 Å². The zero-order valence-corrected chi connectivity index (χ0v) is 19.4. The maximum absolute atomic E-state index is 12.8. The van der Waals surface area contributed by atoms with E-state index in [1.807, 2.05) is 37.3 Å². The molecule has 0 aliphatic carbocycles. The van der Waals surface area contributed by atoms with E-state index in [0.29, 0.717) is 13.1 Å². The van der Waals surface area contributed by atoms with Crippen molar-refractivity contribution in [1.82, 2.24) is 15.5 Å². The quantitative estimate of drug-likeness (QED) is 0.534. The van der Waals surface area contributed by atoms with E-state index in [1.165, 1.54) is 10.8 Å². The Morgan fingerprint density at radius 3 is 2.66 bits per heavy atom. The lowest BCUT2D eigenvalue weighted by Crippen LogP contribution is -2.42. The summed E-state index contributed by atoms with van der Waals surface area (Å²) in [6.07, 6.45) is 0.770. The summed E-state index contributed by atoms with van der Waals surface area (Å²) in [5.41, 5.74) is 2.30. The van der Waals surface area contributed by atoms with Crippen molar-refractivity contribution >= 4 is 28.3 Å². The van der Waals surface area contributed by atoms with Crippen LogP contribution in [0.3, 0.4) is 0 Å². The molecular weight excluding hydrogens is 422 g/mol. The van der Waals surface area contributed by atoms with E-state index in [2.05, 4.69) is 45.9 Å². The molecule has 32 heavy (non-hydrogen) atoms. The second-order valence-electron chi connectivity index (χ2n) is 8.25. The van der Waals surface area contributed by atoms with Crippen molar-refractivity contribution in [2.45, 2.75) is 38.5 Å². The van der Waals surface area contributed by atoms with Crippen molar-refractivity contribution in [3.8, 4) is 5.75 Å². The van der Waals surface area contributed by atoms with Gasteiger partial charge in [-0.15, -0.1) is 0 Å². The molecule has 2 N–H and O–H groups in total. The highest BCUT2D eigenvalue weighted by Gasteiger charge is 2.36. The number of carbonyl (C=O) groups is 1. The van der Waals surface area contributed by atoms with Crippen LogP contribution in [0.2, 0.25) is 5.02 Å². The van der Waals surface area contributed by atoms with Gasteiger partial charge in [0.25, 0.3) is 0 Å². The van der Waals surface area contributed by atoms with Crippen molar-refractivity contribution in [1.29, 1.82) is 0 Å². The molecule has 168 valence electrons. The third-order valence-electron chi connectivity index (χ3n) is 6.14. The second-order valence-corrected chi connectivity index (χ2v) is 8.68. The van der Waals surface area contributed by atoms with Crippen LogP contribution in [0.4, 0.5) is 0 Å². The van der Waals surface area contributed by atoms with Gasteiger partial charge in [0.1, 0.15) is 5.75 Å². The summed E-state index contributed by atoms with van der Waals surface area (Å²) < 4.78 is 5.64. The summed E-state index contributed by atoms with van der Waals surface area (Å²) >= 11 is 6.04. The highest BCUT2D eigenvalue weighted by molar-refractivity contribution is 6.30. The number of methoxy groups -OCH3 is 1. The van der Waals surface area contributed by atoms with Crippen molar-refractivity contribution < 1.29 is 9.53 Å². The number of hydrogen-bond acceptors (Lipinski definition) is 4. The number of amides is 1. The van der Waals surface area contributed by atoms with E-state index >= 15 is 0 Å². The lowest BCUT2D eigenvalue weighted by molar-refractivity contribution is -0.125. The molecule has 1 aliphatic rings. The Bertz CT molecular complexity index is 1070. The Labute approximate surface area is 194 Å². The van der Waals surface area contributed by atoms with Gasteiger partial charge in [-0.25, -0.2) is 0 Å². The van der Waals surface area contributed by atoms with Crippen LogP contribution in [-0.2, 0) is 17.9 Å². The summed E-state index contributed by atoms with van der Waals surface area (Å²) in [6.45, 7) is 4.80. The van der Waals surface area contributed by atoms with Gasteiger partial charge in [0.05, 0.1) is 13.2 Å². The van der Waals surface area contributed by atoms with Gasteiger partial charge in [0, 0.05) is 42.8 Å². The number of likely N-dealkylation sites (N-methyl/N-ethyl adjacent to an activating group) is 1. The molecule has 0 saturated carbocycles. The molecule has 3 aromatic carbocycles. The minimum Gasteiger partial charge on any atom is -0.496 e. The first kappa shape index (κ1) is 22.6. The predicted octanol–water partition coefficient (Wildman–Crippen LogP) is 4.37.